The van der Waals surface area contributed by atoms with Gasteiger partial charge in [0.15, 0.2) is 0 Å². The van der Waals surface area contributed by atoms with E-state index in [-0.39, 0.29) is 5.56 Å². The Kier molecular flexibility index (Phi) is 5.45. The number of pyridine rings is 1. The Bertz CT molecular complexity index is 966. The van der Waals surface area contributed by atoms with Gasteiger partial charge in [-0.2, -0.15) is 0 Å². The van der Waals surface area contributed by atoms with Crippen molar-refractivity contribution in [3.63, 3.8) is 0 Å². The Labute approximate surface area is 157 Å². The summed E-state index contributed by atoms with van der Waals surface area (Å²) >= 11 is 0. The molecule has 0 atom stereocenters. The summed E-state index contributed by atoms with van der Waals surface area (Å²) in [5, 5.41) is 10.1. The molecule has 0 unspecified atom stereocenters. The van der Waals surface area contributed by atoms with Crippen LogP contribution in [0.5, 0.6) is 17.2 Å². The van der Waals surface area contributed by atoms with Crippen molar-refractivity contribution in [2.75, 3.05) is 20.8 Å². The third-order valence-electron chi connectivity index (χ3n) is 4.16. The number of carboxylic acid groups (broad SMARTS) is 1. The fourth-order valence-electron chi connectivity index (χ4n) is 2.84. The van der Waals surface area contributed by atoms with Gasteiger partial charge in [0, 0.05) is 17.7 Å². The van der Waals surface area contributed by atoms with Crippen LogP contribution in [0.1, 0.15) is 23.7 Å². The Morgan fingerprint density at radius 2 is 1.78 bits per heavy atom. The van der Waals surface area contributed by atoms with Gasteiger partial charge in [0.1, 0.15) is 17.2 Å². The maximum Gasteiger partial charge on any atom is 0.336 e. The molecular weight excluding hydrogens is 346 g/mol. The zero-order chi connectivity index (χ0) is 19.4. The van der Waals surface area contributed by atoms with E-state index in [4.69, 9.17) is 14.2 Å². The van der Waals surface area contributed by atoms with E-state index in [1.165, 1.54) is 14.2 Å². The highest BCUT2D eigenvalue weighted by Gasteiger charge is 2.18. The van der Waals surface area contributed by atoms with Gasteiger partial charge in [0.2, 0.25) is 0 Å². The first kappa shape index (κ1) is 18.5. The molecule has 0 fully saturated rings. The molecule has 27 heavy (non-hydrogen) atoms. The lowest BCUT2D eigenvalue weighted by molar-refractivity contribution is 0.0698. The first-order valence-corrected chi connectivity index (χ1v) is 8.60. The quantitative estimate of drug-likeness (QED) is 0.667. The molecule has 1 heterocycles. The van der Waals surface area contributed by atoms with Crippen molar-refractivity contribution in [3.05, 3.63) is 48.0 Å². The van der Waals surface area contributed by atoms with Gasteiger partial charge in [0.25, 0.3) is 0 Å². The summed E-state index contributed by atoms with van der Waals surface area (Å²) in [6.45, 7) is 2.69. The average molecular weight is 367 g/mol. The second kappa shape index (κ2) is 7.95. The Morgan fingerprint density at radius 3 is 2.37 bits per heavy atom. The fraction of sp³-hybridized carbons (Fsp3) is 0.238. The van der Waals surface area contributed by atoms with Crippen molar-refractivity contribution in [1.29, 1.82) is 0 Å². The summed E-state index contributed by atoms with van der Waals surface area (Å²) in [5.74, 6) is 0.672. The number of hydrogen-bond acceptors (Lipinski definition) is 5. The summed E-state index contributed by atoms with van der Waals surface area (Å²) < 4.78 is 16.2. The van der Waals surface area contributed by atoms with Crippen molar-refractivity contribution in [1.82, 2.24) is 4.98 Å². The molecule has 0 radical (unpaired) electrons. The number of methoxy groups -OCH3 is 2. The second-order valence-corrected chi connectivity index (χ2v) is 5.96. The highest BCUT2D eigenvalue weighted by molar-refractivity contribution is 6.06. The smallest absolute Gasteiger partial charge is 0.336 e. The molecule has 0 saturated carbocycles. The molecule has 3 aromatic rings. The summed E-state index contributed by atoms with van der Waals surface area (Å²) in [4.78, 5) is 16.5. The number of nitrogens with zero attached hydrogens (tertiary/aromatic N) is 1. The van der Waals surface area contributed by atoms with Crippen molar-refractivity contribution < 1.29 is 24.1 Å². The summed E-state index contributed by atoms with van der Waals surface area (Å²) in [7, 11) is 3.03. The molecule has 1 aromatic heterocycles. The van der Waals surface area contributed by atoms with Crippen LogP contribution in [0, 0.1) is 0 Å². The highest BCUT2D eigenvalue weighted by Crippen LogP contribution is 2.35. The number of benzene rings is 2. The van der Waals surface area contributed by atoms with Crippen LogP contribution >= 0.6 is 0 Å². The molecule has 0 aliphatic carbocycles. The molecule has 6 heteroatoms. The SMILES string of the molecule is CCCOc1ccc(-c2cc(C(=O)O)c3c(OC)cc(OC)cc3n2)cc1. The minimum absolute atomic E-state index is 0.126. The van der Waals surface area contributed by atoms with Gasteiger partial charge in [-0.15, -0.1) is 0 Å². The average Bonchev–Trinajstić information content (AvgIpc) is 2.70. The van der Waals surface area contributed by atoms with E-state index in [0.717, 1.165) is 17.7 Å². The van der Waals surface area contributed by atoms with E-state index >= 15 is 0 Å². The Hall–Kier alpha value is -3.28. The zero-order valence-corrected chi connectivity index (χ0v) is 15.5. The van der Waals surface area contributed by atoms with Gasteiger partial charge >= 0.3 is 5.97 Å². The standard InChI is InChI=1S/C21H21NO5/c1-4-9-27-14-7-5-13(6-8-14)17-12-16(21(23)24)20-18(22-17)10-15(25-2)11-19(20)26-3/h5-8,10-12H,4,9H2,1-3H3,(H,23,24). The second-order valence-electron chi connectivity index (χ2n) is 5.96. The molecule has 0 aliphatic heterocycles. The van der Waals surface area contributed by atoms with Crippen LogP contribution in [0.25, 0.3) is 22.2 Å². The summed E-state index contributed by atoms with van der Waals surface area (Å²) in [6.07, 6.45) is 0.930. The lowest BCUT2D eigenvalue weighted by atomic mass is 10.0. The lowest BCUT2D eigenvalue weighted by Gasteiger charge is -2.13. The van der Waals surface area contributed by atoms with Crippen molar-refractivity contribution >= 4 is 16.9 Å². The number of carbonyl (C=O) groups is 1. The molecule has 0 saturated heterocycles. The number of hydrogen-bond donors (Lipinski definition) is 1. The normalized spacial score (nSPS) is 10.6. The van der Waals surface area contributed by atoms with Crippen LogP contribution in [0.4, 0.5) is 0 Å². The van der Waals surface area contributed by atoms with Crippen LogP contribution < -0.4 is 14.2 Å². The lowest BCUT2D eigenvalue weighted by Crippen LogP contribution is -2.02. The number of carboxylic acids is 1. The third kappa shape index (κ3) is 3.79. The van der Waals surface area contributed by atoms with Crippen LogP contribution in [0.3, 0.4) is 0 Å². The molecule has 140 valence electrons. The van der Waals surface area contributed by atoms with E-state index in [0.29, 0.717) is 34.7 Å². The molecule has 6 nitrogen and oxygen atoms in total. The number of rotatable bonds is 7. The first-order valence-electron chi connectivity index (χ1n) is 8.60. The zero-order valence-electron chi connectivity index (χ0n) is 15.5. The number of fused-ring (bicyclic) bond motifs is 1. The number of ether oxygens (including phenoxy) is 3. The molecule has 0 spiro atoms. The van der Waals surface area contributed by atoms with Gasteiger partial charge in [-0.25, -0.2) is 9.78 Å². The van der Waals surface area contributed by atoms with Crippen LogP contribution in [0.2, 0.25) is 0 Å². The number of aromatic carboxylic acids is 1. The molecule has 2 aromatic carbocycles. The van der Waals surface area contributed by atoms with Crippen molar-refractivity contribution in [2.45, 2.75) is 13.3 Å². The van der Waals surface area contributed by atoms with E-state index in [1.807, 2.05) is 31.2 Å². The molecule has 1 N–H and O–H groups in total. The van der Waals surface area contributed by atoms with Crippen LogP contribution in [-0.4, -0.2) is 36.9 Å². The predicted octanol–water partition coefficient (Wildman–Crippen LogP) is 4.41. The Morgan fingerprint density at radius 1 is 1.04 bits per heavy atom. The largest absolute Gasteiger partial charge is 0.497 e. The van der Waals surface area contributed by atoms with Gasteiger partial charge in [-0.05, 0) is 36.8 Å². The van der Waals surface area contributed by atoms with E-state index < -0.39 is 5.97 Å². The van der Waals surface area contributed by atoms with E-state index in [1.54, 1.807) is 18.2 Å². The molecular formula is C21H21NO5. The first-order chi connectivity index (χ1) is 13.1. The molecule has 3 rings (SSSR count). The minimum atomic E-state index is -1.05. The minimum Gasteiger partial charge on any atom is -0.497 e. The van der Waals surface area contributed by atoms with Gasteiger partial charge in [-0.1, -0.05) is 6.92 Å². The highest BCUT2D eigenvalue weighted by atomic mass is 16.5. The molecule has 0 bridgehead atoms. The number of aromatic nitrogens is 1. The maximum absolute atomic E-state index is 11.9. The fourth-order valence-corrected chi connectivity index (χ4v) is 2.84. The van der Waals surface area contributed by atoms with Gasteiger partial charge in [-0.3, -0.25) is 0 Å². The van der Waals surface area contributed by atoms with E-state index in [2.05, 4.69) is 4.98 Å². The summed E-state index contributed by atoms with van der Waals surface area (Å²) in [5.41, 5.74) is 1.97. The molecule has 0 aliphatic rings. The predicted molar refractivity (Wildman–Crippen MR) is 103 cm³/mol. The van der Waals surface area contributed by atoms with Crippen LogP contribution in [-0.2, 0) is 0 Å². The van der Waals surface area contributed by atoms with E-state index in [9.17, 15) is 9.90 Å². The van der Waals surface area contributed by atoms with Crippen LogP contribution in [0.15, 0.2) is 42.5 Å². The topological polar surface area (TPSA) is 77.9 Å². The monoisotopic (exact) mass is 367 g/mol. The molecule has 0 amide bonds. The Balaban J connectivity index is 2.15. The third-order valence-corrected chi connectivity index (χ3v) is 4.16. The van der Waals surface area contributed by atoms with Crippen molar-refractivity contribution in [3.8, 4) is 28.5 Å². The van der Waals surface area contributed by atoms with Crippen molar-refractivity contribution in [2.24, 2.45) is 0 Å². The summed E-state index contributed by atoms with van der Waals surface area (Å²) in [6, 6.07) is 12.3. The maximum atomic E-state index is 11.9. The van der Waals surface area contributed by atoms with Gasteiger partial charge < -0.3 is 19.3 Å². The van der Waals surface area contributed by atoms with Gasteiger partial charge in [0.05, 0.1) is 43.0 Å².